The highest BCUT2D eigenvalue weighted by atomic mass is 16.2. The minimum absolute atomic E-state index is 0.155. The maximum Gasteiger partial charge on any atom is 0.231 e. The second kappa shape index (κ2) is 8.24. The van der Waals surface area contributed by atoms with Crippen molar-refractivity contribution in [1.29, 1.82) is 0 Å². The minimum Gasteiger partial charge on any atom is -0.369 e. The summed E-state index contributed by atoms with van der Waals surface area (Å²) in [6.07, 6.45) is 8.08. The first-order valence-electron chi connectivity index (χ1n) is 8.54. The molecule has 1 unspecified atom stereocenters. The van der Waals surface area contributed by atoms with Crippen LogP contribution >= 0.6 is 0 Å². The molecule has 1 aliphatic rings. The molecule has 1 saturated heterocycles. The van der Waals surface area contributed by atoms with Gasteiger partial charge in [-0.3, -0.25) is 19.5 Å². The zero-order valence-electron chi connectivity index (χ0n) is 14.7. The molecule has 6 heteroatoms. The summed E-state index contributed by atoms with van der Waals surface area (Å²) >= 11 is 0. The highest BCUT2D eigenvalue weighted by Gasteiger charge is 2.42. The first-order chi connectivity index (χ1) is 11.4. The monoisotopic (exact) mass is 332 g/mol. The number of nitrogens with two attached hydrogens (primary N) is 1. The van der Waals surface area contributed by atoms with Crippen molar-refractivity contribution in [2.45, 2.75) is 32.1 Å². The van der Waals surface area contributed by atoms with E-state index in [9.17, 15) is 9.59 Å². The third-order valence-electron chi connectivity index (χ3n) is 4.74. The molecule has 1 aromatic rings. The van der Waals surface area contributed by atoms with Gasteiger partial charge in [-0.2, -0.15) is 0 Å². The van der Waals surface area contributed by atoms with E-state index in [1.807, 2.05) is 17.2 Å². The number of rotatable bonds is 7. The van der Waals surface area contributed by atoms with Crippen molar-refractivity contribution < 1.29 is 9.59 Å². The average molecular weight is 332 g/mol. The quantitative estimate of drug-likeness (QED) is 0.810. The Labute approximate surface area is 144 Å². The van der Waals surface area contributed by atoms with Gasteiger partial charge in [-0.1, -0.05) is 6.07 Å². The Balaban J connectivity index is 2.05. The van der Waals surface area contributed by atoms with Crippen LogP contribution in [-0.4, -0.2) is 60.3 Å². The third kappa shape index (κ3) is 4.77. The number of amides is 2. The average Bonchev–Trinajstić information content (AvgIpc) is 2.54. The van der Waals surface area contributed by atoms with Gasteiger partial charge in [-0.15, -0.1) is 0 Å². The summed E-state index contributed by atoms with van der Waals surface area (Å²) in [5, 5.41) is 0. The summed E-state index contributed by atoms with van der Waals surface area (Å²) in [5.41, 5.74) is 6.11. The van der Waals surface area contributed by atoms with Crippen molar-refractivity contribution in [2.75, 3.05) is 33.7 Å². The highest BCUT2D eigenvalue weighted by molar-refractivity contribution is 5.83. The standard InChI is InChI=1S/C18H28N4O2/c1-21(2)17(24)18(8-3-6-15-7-4-10-20-12-15)9-5-11-22(14-18)13-16(19)23/h4,7,10,12H,3,5-6,8-9,11,13-14H2,1-2H3,(H2,19,23). The summed E-state index contributed by atoms with van der Waals surface area (Å²) in [4.78, 5) is 32.0. The molecule has 2 heterocycles. The molecular weight excluding hydrogens is 304 g/mol. The highest BCUT2D eigenvalue weighted by Crippen LogP contribution is 2.36. The Bertz CT molecular complexity index is 561. The lowest BCUT2D eigenvalue weighted by Gasteiger charge is -2.42. The summed E-state index contributed by atoms with van der Waals surface area (Å²) < 4.78 is 0. The van der Waals surface area contributed by atoms with Crippen LogP contribution in [0.4, 0.5) is 0 Å². The normalized spacial score (nSPS) is 21.4. The Morgan fingerprint density at radius 1 is 1.42 bits per heavy atom. The first-order valence-corrected chi connectivity index (χ1v) is 8.54. The molecule has 1 aliphatic heterocycles. The van der Waals surface area contributed by atoms with Gasteiger partial charge in [0.25, 0.3) is 0 Å². The van der Waals surface area contributed by atoms with Gasteiger partial charge < -0.3 is 10.6 Å². The zero-order chi connectivity index (χ0) is 17.6. The number of nitrogens with zero attached hydrogens (tertiary/aromatic N) is 3. The largest absolute Gasteiger partial charge is 0.369 e. The number of pyridine rings is 1. The van der Waals surface area contributed by atoms with E-state index in [0.29, 0.717) is 6.54 Å². The van der Waals surface area contributed by atoms with E-state index in [0.717, 1.165) is 38.6 Å². The zero-order valence-corrected chi connectivity index (χ0v) is 14.7. The molecule has 0 aliphatic carbocycles. The summed E-state index contributed by atoms with van der Waals surface area (Å²) in [7, 11) is 3.61. The van der Waals surface area contributed by atoms with E-state index < -0.39 is 5.41 Å². The van der Waals surface area contributed by atoms with Crippen LogP contribution in [-0.2, 0) is 16.0 Å². The molecule has 0 bridgehead atoms. The summed E-state index contributed by atoms with van der Waals surface area (Å²) in [5.74, 6) is -0.179. The lowest BCUT2D eigenvalue weighted by Crippen LogP contribution is -2.53. The summed E-state index contributed by atoms with van der Waals surface area (Å²) in [6.45, 7) is 1.67. The molecule has 2 amide bonds. The van der Waals surface area contributed by atoms with Gasteiger partial charge in [0.15, 0.2) is 0 Å². The molecule has 24 heavy (non-hydrogen) atoms. The van der Waals surface area contributed by atoms with E-state index in [1.54, 1.807) is 25.2 Å². The van der Waals surface area contributed by atoms with E-state index in [1.165, 1.54) is 5.56 Å². The molecule has 1 fully saturated rings. The number of aryl methyl sites for hydroxylation is 1. The van der Waals surface area contributed by atoms with E-state index in [2.05, 4.69) is 11.1 Å². The number of aromatic nitrogens is 1. The molecule has 0 saturated carbocycles. The lowest BCUT2D eigenvalue weighted by atomic mass is 9.74. The first kappa shape index (κ1) is 18.4. The van der Waals surface area contributed by atoms with E-state index in [-0.39, 0.29) is 18.4 Å². The third-order valence-corrected chi connectivity index (χ3v) is 4.74. The maximum atomic E-state index is 12.9. The predicted molar refractivity (Wildman–Crippen MR) is 93.2 cm³/mol. The lowest BCUT2D eigenvalue weighted by molar-refractivity contribution is -0.144. The summed E-state index contributed by atoms with van der Waals surface area (Å²) in [6, 6.07) is 4.00. The topological polar surface area (TPSA) is 79.5 Å². The molecule has 132 valence electrons. The van der Waals surface area contributed by atoms with Crippen LogP contribution < -0.4 is 5.73 Å². The van der Waals surface area contributed by atoms with Crippen LogP contribution in [0, 0.1) is 5.41 Å². The smallest absolute Gasteiger partial charge is 0.231 e. The number of carbonyl (C=O) groups excluding carboxylic acids is 2. The minimum atomic E-state index is -0.417. The number of hydrogen-bond acceptors (Lipinski definition) is 4. The van der Waals surface area contributed by atoms with Gasteiger partial charge in [0.05, 0.1) is 12.0 Å². The number of hydrogen-bond donors (Lipinski definition) is 1. The number of piperidine rings is 1. The molecule has 1 atom stereocenters. The fraction of sp³-hybridized carbons (Fsp3) is 0.611. The van der Waals surface area contributed by atoms with Crippen molar-refractivity contribution in [3.8, 4) is 0 Å². The van der Waals surface area contributed by atoms with Gasteiger partial charge >= 0.3 is 0 Å². The van der Waals surface area contributed by atoms with Crippen LogP contribution in [0.5, 0.6) is 0 Å². The van der Waals surface area contributed by atoms with Gasteiger partial charge in [-0.25, -0.2) is 0 Å². The second-order valence-corrected chi connectivity index (χ2v) is 6.98. The predicted octanol–water partition coefficient (Wildman–Crippen LogP) is 1.06. The Morgan fingerprint density at radius 2 is 2.21 bits per heavy atom. The SMILES string of the molecule is CN(C)C(=O)C1(CCCc2cccnc2)CCCN(CC(N)=O)C1. The second-order valence-electron chi connectivity index (χ2n) is 6.98. The molecule has 1 aromatic heterocycles. The van der Waals surface area contributed by atoms with Crippen LogP contribution in [0.25, 0.3) is 0 Å². The molecule has 2 N–H and O–H groups in total. The molecule has 0 radical (unpaired) electrons. The molecule has 6 nitrogen and oxygen atoms in total. The van der Waals surface area contributed by atoms with E-state index >= 15 is 0 Å². The van der Waals surface area contributed by atoms with Crippen molar-refractivity contribution in [1.82, 2.24) is 14.8 Å². The number of primary amides is 1. The molecule has 0 spiro atoms. The Hall–Kier alpha value is -1.95. The number of carbonyl (C=O) groups is 2. The Morgan fingerprint density at radius 3 is 2.83 bits per heavy atom. The van der Waals surface area contributed by atoms with Crippen molar-refractivity contribution in [3.63, 3.8) is 0 Å². The van der Waals surface area contributed by atoms with Crippen LogP contribution in [0.2, 0.25) is 0 Å². The fourth-order valence-corrected chi connectivity index (χ4v) is 3.72. The van der Waals surface area contributed by atoms with Gasteiger partial charge in [0, 0.05) is 33.0 Å². The van der Waals surface area contributed by atoms with Gasteiger partial charge in [0.1, 0.15) is 0 Å². The van der Waals surface area contributed by atoms with Gasteiger partial charge in [0.2, 0.25) is 11.8 Å². The van der Waals surface area contributed by atoms with Crippen LogP contribution in [0.3, 0.4) is 0 Å². The van der Waals surface area contributed by atoms with Gasteiger partial charge in [-0.05, 0) is 50.3 Å². The number of likely N-dealkylation sites (tertiary alicyclic amines) is 1. The Kier molecular flexibility index (Phi) is 6.31. The van der Waals surface area contributed by atoms with Crippen molar-refractivity contribution in [3.05, 3.63) is 30.1 Å². The maximum absolute atomic E-state index is 12.9. The van der Waals surface area contributed by atoms with E-state index in [4.69, 9.17) is 5.73 Å². The van der Waals surface area contributed by atoms with Crippen molar-refractivity contribution >= 4 is 11.8 Å². The van der Waals surface area contributed by atoms with Crippen LogP contribution in [0.15, 0.2) is 24.5 Å². The fourth-order valence-electron chi connectivity index (χ4n) is 3.72. The molecule has 0 aromatic carbocycles. The molecule has 2 rings (SSSR count). The van der Waals surface area contributed by atoms with Crippen LogP contribution in [0.1, 0.15) is 31.2 Å². The molecular formula is C18H28N4O2. The van der Waals surface area contributed by atoms with Crippen molar-refractivity contribution in [2.24, 2.45) is 11.1 Å².